The molecule has 4 rings (SSSR count). The van der Waals surface area contributed by atoms with Crippen LogP contribution in [0.4, 0.5) is 8.78 Å². The van der Waals surface area contributed by atoms with Crippen molar-refractivity contribution in [2.45, 2.75) is 116 Å². The Morgan fingerprint density at radius 2 is 1.12 bits per heavy atom. The van der Waals surface area contributed by atoms with Crippen LogP contribution in [0.3, 0.4) is 0 Å². The van der Waals surface area contributed by atoms with Gasteiger partial charge in [0.1, 0.15) is 0 Å². The third-order valence-electron chi connectivity index (χ3n) is 9.76. The minimum Gasteiger partial charge on any atom is -0.352 e. The predicted molar refractivity (Wildman–Crippen MR) is 130 cm³/mol. The molecule has 0 bridgehead atoms. The monoisotopic (exact) mass is 466 g/mol. The molecule has 33 heavy (non-hydrogen) atoms. The van der Waals surface area contributed by atoms with E-state index in [0.717, 1.165) is 62.1 Å². The Morgan fingerprint density at radius 3 is 1.61 bits per heavy atom. The lowest BCUT2D eigenvalue weighted by Crippen LogP contribution is -2.32. The van der Waals surface area contributed by atoms with E-state index in [1.165, 1.54) is 89.5 Å². The minimum absolute atomic E-state index is 0.0493. The van der Waals surface area contributed by atoms with E-state index in [-0.39, 0.29) is 12.2 Å². The highest BCUT2D eigenvalue weighted by molar-refractivity contribution is 4.92. The van der Waals surface area contributed by atoms with Gasteiger partial charge in [0, 0.05) is 5.92 Å². The van der Waals surface area contributed by atoms with Crippen LogP contribution in [-0.2, 0) is 9.47 Å². The van der Waals surface area contributed by atoms with Gasteiger partial charge in [0.25, 0.3) is 6.08 Å². The Hall–Kier alpha value is -0.480. The van der Waals surface area contributed by atoms with Crippen molar-refractivity contribution in [3.63, 3.8) is 0 Å². The largest absolute Gasteiger partial charge is 0.352 e. The molecule has 1 saturated heterocycles. The van der Waals surface area contributed by atoms with Gasteiger partial charge in [-0.05, 0) is 125 Å². The summed E-state index contributed by atoms with van der Waals surface area (Å²) in [6.07, 6.45) is 20.1. The van der Waals surface area contributed by atoms with Crippen molar-refractivity contribution in [1.82, 2.24) is 0 Å². The third-order valence-corrected chi connectivity index (χ3v) is 9.76. The molecule has 4 heteroatoms. The number of hydrogen-bond acceptors (Lipinski definition) is 2. The lowest BCUT2D eigenvalue weighted by molar-refractivity contribution is -0.205. The second-order valence-corrected chi connectivity index (χ2v) is 11.9. The Bertz CT molecular complexity index is 572. The lowest BCUT2D eigenvalue weighted by atomic mass is 9.65. The smallest absolute Gasteiger partial charge is 0.266 e. The second-order valence-electron chi connectivity index (χ2n) is 11.9. The molecule has 0 radical (unpaired) electrons. The van der Waals surface area contributed by atoms with Crippen molar-refractivity contribution >= 4 is 0 Å². The molecule has 0 atom stereocenters. The van der Waals surface area contributed by atoms with E-state index in [1.807, 2.05) is 0 Å². The molecular weight excluding hydrogens is 418 g/mol. The van der Waals surface area contributed by atoms with E-state index in [2.05, 4.69) is 6.92 Å². The first-order valence-corrected chi connectivity index (χ1v) is 14.4. The van der Waals surface area contributed by atoms with E-state index in [9.17, 15) is 8.78 Å². The summed E-state index contributed by atoms with van der Waals surface area (Å²) in [5.74, 6) is 5.18. The number of hydrogen-bond donors (Lipinski definition) is 0. The van der Waals surface area contributed by atoms with Crippen molar-refractivity contribution in [2.24, 2.45) is 41.4 Å². The van der Waals surface area contributed by atoms with Gasteiger partial charge in [-0.1, -0.05) is 26.2 Å². The highest BCUT2D eigenvalue weighted by Gasteiger charge is 2.35. The minimum atomic E-state index is -1.48. The Labute approximate surface area is 201 Å². The first kappa shape index (κ1) is 25.6. The Balaban J connectivity index is 1.08. The van der Waals surface area contributed by atoms with E-state index in [4.69, 9.17) is 9.47 Å². The fourth-order valence-corrected chi connectivity index (χ4v) is 7.69. The maximum atomic E-state index is 12.5. The van der Waals surface area contributed by atoms with E-state index in [1.54, 1.807) is 0 Å². The predicted octanol–water partition coefficient (Wildman–Crippen LogP) is 8.76. The lowest BCUT2D eigenvalue weighted by Gasteiger charge is -2.41. The quantitative estimate of drug-likeness (QED) is 0.356. The fourth-order valence-electron chi connectivity index (χ4n) is 7.69. The summed E-state index contributed by atoms with van der Waals surface area (Å²) in [4.78, 5) is 0. The summed E-state index contributed by atoms with van der Waals surface area (Å²) in [6, 6.07) is 0. The van der Waals surface area contributed by atoms with Crippen LogP contribution in [0, 0.1) is 41.4 Å². The summed E-state index contributed by atoms with van der Waals surface area (Å²) in [6.45, 7) is 4.02. The first-order valence-electron chi connectivity index (χ1n) is 14.4. The molecule has 1 heterocycles. The van der Waals surface area contributed by atoms with E-state index < -0.39 is 6.08 Å². The zero-order chi connectivity index (χ0) is 23.0. The van der Waals surface area contributed by atoms with Gasteiger partial charge in [-0.15, -0.1) is 0 Å². The van der Waals surface area contributed by atoms with E-state index >= 15 is 0 Å². The molecular formula is C29H48F2O2. The first-order chi connectivity index (χ1) is 16.1. The van der Waals surface area contributed by atoms with Crippen LogP contribution >= 0.6 is 0 Å². The number of allylic oxidation sites excluding steroid dienone is 1. The summed E-state index contributed by atoms with van der Waals surface area (Å²) in [5.41, 5.74) is 0. The molecule has 0 aromatic heterocycles. The number of halogens is 2. The van der Waals surface area contributed by atoms with Gasteiger partial charge in [-0.3, -0.25) is 0 Å². The fraction of sp³-hybridized carbons (Fsp3) is 0.931. The molecule has 0 aromatic rings. The van der Waals surface area contributed by atoms with Gasteiger partial charge >= 0.3 is 0 Å². The molecule has 0 aromatic carbocycles. The number of rotatable bonds is 8. The van der Waals surface area contributed by atoms with Gasteiger partial charge in [0.15, 0.2) is 6.29 Å². The Kier molecular flexibility index (Phi) is 10.1. The number of ether oxygens (including phenoxy) is 2. The standard InChI is InChI=1S/C29H48F2O2/c1-2-3-23-19-32-29(33-20-23)17-8-21-4-9-24(10-5-21)26-13-15-27(16-14-26)25-11-6-22(7-12-25)18-28(30)31/h18,21-27,29H,2-17,19-20H2,1H3. The van der Waals surface area contributed by atoms with Crippen LogP contribution < -0.4 is 0 Å². The average molecular weight is 467 g/mol. The summed E-state index contributed by atoms with van der Waals surface area (Å²) in [5, 5.41) is 0. The molecule has 0 N–H and O–H groups in total. The molecule has 2 nitrogen and oxygen atoms in total. The molecule has 0 spiro atoms. The highest BCUT2D eigenvalue weighted by atomic mass is 19.3. The normalized spacial score (nSPS) is 40.3. The summed E-state index contributed by atoms with van der Waals surface area (Å²) >= 11 is 0. The SMILES string of the molecule is CCCC1COC(CCC2CCC(C3CCC(C4CCC(C=C(F)F)CC4)CC3)CC2)OC1. The van der Waals surface area contributed by atoms with Crippen molar-refractivity contribution in [3.8, 4) is 0 Å². The third kappa shape index (κ3) is 7.75. The molecule has 190 valence electrons. The van der Waals surface area contributed by atoms with Crippen molar-refractivity contribution < 1.29 is 18.3 Å². The molecule has 3 aliphatic carbocycles. The van der Waals surface area contributed by atoms with Crippen molar-refractivity contribution in [1.29, 1.82) is 0 Å². The zero-order valence-corrected chi connectivity index (χ0v) is 21.0. The topological polar surface area (TPSA) is 18.5 Å². The molecule has 0 amide bonds. The maximum absolute atomic E-state index is 12.5. The van der Waals surface area contributed by atoms with Gasteiger partial charge in [0.05, 0.1) is 13.2 Å². The van der Waals surface area contributed by atoms with Gasteiger partial charge in [-0.2, -0.15) is 8.78 Å². The Morgan fingerprint density at radius 1 is 0.636 bits per heavy atom. The summed E-state index contributed by atoms with van der Waals surface area (Å²) in [7, 11) is 0. The van der Waals surface area contributed by atoms with Crippen LogP contribution in [0.15, 0.2) is 12.2 Å². The molecule has 4 aliphatic rings. The maximum Gasteiger partial charge on any atom is 0.266 e. The summed E-state index contributed by atoms with van der Waals surface area (Å²) < 4.78 is 37.0. The molecule has 0 unspecified atom stereocenters. The second kappa shape index (κ2) is 13.0. The average Bonchev–Trinajstić information content (AvgIpc) is 2.84. The van der Waals surface area contributed by atoms with Crippen LogP contribution in [-0.4, -0.2) is 19.5 Å². The van der Waals surface area contributed by atoms with E-state index in [0.29, 0.717) is 5.92 Å². The van der Waals surface area contributed by atoms with Gasteiger partial charge in [0.2, 0.25) is 0 Å². The van der Waals surface area contributed by atoms with Crippen LogP contribution in [0.1, 0.15) is 110 Å². The molecule has 3 saturated carbocycles. The molecule has 1 aliphatic heterocycles. The zero-order valence-electron chi connectivity index (χ0n) is 21.0. The van der Waals surface area contributed by atoms with Gasteiger partial charge in [-0.25, -0.2) is 0 Å². The van der Waals surface area contributed by atoms with Crippen molar-refractivity contribution in [2.75, 3.05) is 13.2 Å². The van der Waals surface area contributed by atoms with Gasteiger partial charge < -0.3 is 9.47 Å². The molecule has 4 fully saturated rings. The van der Waals surface area contributed by atoms with Crippen LogP contribution in [0.25, 0.3) is 0 Å². The van der Waals surface area contributed by atoms with Crippen LogP contribution in [0.5, 0.6) is 0 Å². The van der Waals surface area contributed by atoms with Crippen molar-refractivity contribution in [3.05, 3.63) is 12.2 Å². The van der Waals surface area contributed by atoms with Crippen LogP contribution in [0.2, 0.25) is 0 Å². The highest BCUT2D eigenvalue weighted by Crippen LogP contribution is 2.46.